The van der Waals surface area contributed by atoms with E-state index in [2.05, 4.69) is 4.98 Å². The second-order valence-electron chi connectivity index (χ2n) is 6.42. The zero-order valence-electron chi connectivity index (χ0n) is 13.8. The van der Waals surface area contributed by atoms with Gasteiger partial charge in [-0.3, -0.25) is 4.79 Å². The summed E-state index contributed by atoms with van der Waals surface area (Å²) in [6.07, 6.45) is 5.44. The maximum absolute atomic E-state index is 12.4. The van der Waals surface area contributed by atoms with Crippen LogP contribution in [-0.4, -0.2) is 44.6 Å². The number of hydrogen-bond acceptors (Lipinski definition) is 4. The number of aliphatic hydroxyl groups is 1. The van der Waals surface area contributed by atoms with E-state index < -0.39 is 12.1 Å². The topological polar surface area (TPSA) is 84.4 Å². The van der Waals surface area contributed by atoms with Gasteiger partial charge in [-0.1, -0.05) is 20.3 Å². The Hall–Kier alpha value is -1.40. The molecule has 124 valence electrons. The van der Waals surface area contributed by atoms with Crippen molar-refractivity contribution in [3.05, 3.63) is 18.2 Å². The molecule has 0 aromatic carbocycles. The second-order valence-corrected chi connectivity index (χ2v) is 6.42. The van der Waals surface area contributed by atoms with E-state index in [0.717, 1.165) is 19.3 Å². The first-order valence-corrected chi connectivity index (χ1v) is 8.15. The van der Waals surface area contributed by atoms with Gasteiger partial charge in [-0.2, -0.15) is 0 Å². The number of aromatic nitrogens is 2. The first kappa shape index (κ1) is 17.0. The van der Waals surface area contributed by atoms with Gasteiger partial charge in [0.05, 0.1) is 6.04 Å². The van der Waals surface area contributed by atoms with Gasteiger partial charge in [0, 0.05) is 32.5 Å². The van der Waals surface area contributed by atoms with E-state index >= 15 is 0 Å². The zero-order valence-corrected chi connectivity index (χ0v) is 13.8. The molecule has 22 heavy (non-hydrogen) atoms. The van der Waals surface area contributed by atoms with E-state index in [4.69, 9.17) is 5.73 Å². The molecule has 1 amide bonds. The number of aryl methyl sites for hydroxylation is 1. The molecule has 2 rings (SSSR count). The third-order valence-electron chi connectivity index (χ3n) is 4.96. The normalized spacial score (nSPS) is 20.7. The molecule has 1 saturated heterocycles. The molecule has 1 aromatic heterocycles. The van der Waals surface area contributed by atoms with Crippen LogP contribution in [0.25, 0.3) is 0 Å². The summed E-state index contributed by atoms with van der Waals surface area (Å²) in [5.74, 6) is 1.08. The first-order chi connectivity index (χ1) is 10.5. The van der Waals surface area contributed by atoms with Gasteiger partial charge in [-0.25, -0.2) is 4.98 Å². The van der Waals surface area contributed by atoms with Crippen LogP contribution in [0.4, 0.5) is 0 Å². The fraction of sp³-hybridized carbons (Fsp3) is 0.750. The Balaban J connectivity index is 1.90. The molecule has 1 aliphatic rings. The number of hydrogen-bond donors (Lipinski definition) is 2. The highest BCUT2D eigenvalue weighted by Gasteiger charge is 2.32. The molecular weight excluding hydrogens is 280 g/mol. The van der Waals surface area contributed by atoms with Crippen molar-refractivity contribution in [3.8, 4) is 0 Å². The third-order valence-corrected chi connectivity index (χ3v) is 4.96. The maximum Gasteiger partial charge on any atom is 0.239 e. The van der Waals surface area contributed by atoms with E-state index in [1.54, 1.807) is 6.20 Å². The molecule has 0 spiro atoms. The zero-order chi connectivity index (χ0) is 16.3. The third kappa shape index (κ3) is 3.50. The van der Waals surface area contributed by atoms with Crippen LogP contribution in [0.2, 0.25) is 0 Å². The predicted molar refractivity (Wildman–Crippen MR) is 84.9 cm³/mol. The van der Waals surface area contributed by atoms with Crippen LogP contribution >= 0.6 is 0 Å². The minimum Gasteiger partial charge on any atom is -0.385 e. The SMILES string of the molecule is CCC(C)C(N)C(=O)N1CCC(C(O)c2nccn2C)CC1. The van der Waals surface area contributed by atoms with Crippen molar-refractivity contribution in [3.63, 3.8) is 0 Å². The summed E-state index contributed by atoms with van der Waals surface area (Å²) in [7, 11) is 1.88. The molecule has 6 nitrogen and oxygen atoms in total. The summed E-state index contributed by atoms with van der Waals surface area (Å²) in [4.78, 5) is 18.4. The van der Waals surface area contributed by atoms with Crippen molar-refractivity contribution in [2.45, 2.75) is 45.3 Å². The standard InChI is InChI=1S/C16H28N4O2/c1-4-11(2)13(17)16(22)20-8-5-12(6-9-20)14(21)15-18-7-10-19(15)3/h7,10-14,21H,4-6,8-9,17H2,1-3H3. The lowest BCUT2D eigenvalue weighted by atomic mass is 9.89. The number of imidazole rings is 1. The Kier molecular flexibility index (Phi) is 5.58. The molecule has 1 fully saturated rings. The summed E-state index contributed by atoms with van der Waals surface area (Å²) in [5, 5.41) is 10.5. The van der Waals surface area contributed by atoms with Crippen LogP contribution in [-0.2, 0) is 11.8 Å². The first-order valence-electron chi connectivity index (χ1n) is 8.15. The highest BCUT2D eigenvalue weighted by atomic mass is 16.3. The van der Waals surface area contributed by atoms with Gasteiger partial charge in [-0.05, 0) is 24.7 Å². The number of nitrogens with two attached hydrogens (primary N) is 1. The highest BCUT2D eigenvalue weighted by Crippen LogP contribution is 2.30. The van der Waals surface area contributed by atoms with Gasteiger partial charge >= 0.3 is 0 Å². The van der Waals surface area contributed by atoms with E-state index in [1.807, 2.05) is 36.6 Å². The Morgan fingerprint density at radius 3 is 2.64 bits per heavy atom. The van der Waals surface area contributed by atoms with Crippen LogP contribution < -0.4 is 5.73 Å². The predicted octanol–water partition coefficient (Wildman–Crippen LogP) is 1.07. The lowest BCUT2D eigenvalue weighted by Gasteiger charge is -2.36. The summed E-state index contributed by atoms with van der Waals surface area (Å²) < 4.78 is 1.85. The summed E-state index contributed by atoms with van der Waals surface area (Å²) in [6, 6.07) is -0.416. The van der Waals surface area contributed by atoms with Crippen molar-refractivity contribution in [2.75, 3.05) is 13.1 Å². The largest absolute Gasteiger partial charge is 0.385 e. The van der Waals surface area contributed by atoms with E-state index in [1.165, 1.54) is 0 Å². The number of carbonyl (C=O) groups is 1. The number of nitrogens with zero attached hydrogens (tertiary/aromatic N) is 3. The molecule has 1 aliphatic heterocycles. The van der Waals surface area contributed by atoms with Crippen molar-refractivity contribution in [2.24, 2.45) is 24.6 Å². The van der Waals surface area contributed by atoms with Gasteiger partial charge in [-0.15, -0.1) is 0 Å². The van der Waals surface area contributed by atoms with Gasteiger partial charge in [0.1, 0.15) is 11.9 Å². The average Bonchev–Trinajstić information content (AvgIpc) is 2.98. The summed E-state index contributed by atoms with van der Waals surface area (Å²) in [5.41, 5.74) is 6.04. The second kappa shape index (κ2) is 7.24. The quantitative estimate of drug-likeness (QED) is 0.852. The molecular formula is C16H28N4O2. The molecule has 0 radical (unpaired) electrons. The fourth-order valence-corrected chi connectivity index (χ4v) is 3.02. The summed E-state index contributed by atoms with van der Waals surface area (Å²) in [6.45, 7) is 5.39. The monoisotopic (exact) mass is 308 g/mol. The lowest BCUT2D eigenvalue weighted by Crippen LogP contribution is -2.50. The van der Waals surface area contributed by atoms with Crippen molar-refractivity contribution in [1.29, 1.82) is 0 Å². The number of piperidine rings is 1. The molecule has 3 N–H and O–H groups in total. The van der Waals surface area contributed by atoms with E-state index in [-0.39, 0.29) is 17.7 Å². The molecule has 0 saturated carbocycles. The molecule has 1 aromatic rings. The minimum atomic E-state index is -0.569. The summed E-state index contributed by atoms with van der Waals surface area (Å²) >= 11 is 0. The molecule has 3 unspecified atom stereocenters. The maximum atomic E-state index is 12.4. The minimum absolute atomic E-state index is 0.0410. The molecule has 3 atom stereocenters. The van der Waals surface area contributed by atoms with Gasteiger partial charge in [0.15, 0.2) is 0 Å². The van der Waals surface area contributed by atoms with Crippen molar-refractivity contribution < 1.29 is 9.90 Å². The van der Waals surface area contributed by atoms with Crippen LogP contribution in [0.3, 0.4) is 0 Å². The van der Waals surface area contributed by atoms with Crippen molar-refractivity contribution in [1.82, 2.24) is 14.5 Å². The van der Waals surface area contributed by atoms with Crippen LogP contribution in [0.1, 0.15) is 45.0 Å². The molecule has 6 heteroatoms. The molecule has 0 bridgehead atoms. The van der Waals surface area contributed by atoms with Crippen LogP contribution in [0.5, 0.6) is 0 Å². The Morgan fingerprint density at radius 2 is 2.14 bits per heavy atom. The number of aliphatic hydroxyl groups excluding tert-OH is 1. The fourth-order valence-electron chi connectivity index (χ4n) is 3.02. The number of rotatable bonds is 5. The van der Waals surface area contributed by atoms with Crippen molar-refractivity contribution >= 4 is 5.91 Å². The molecule has 0 aliphatic carbocycles. The van der Waals surface area contributed by atoms with E-state index in [0.29, 0.717) is 18.9 Å². The van der Waals surface area contributed by atoms with Gasteiger partial charge in [0.2, 0.25) is 5.91 Å². The Labute approximate surface area is 132 Å². The smallest absolute Gasteiger partial charge is 0.239 e. The number of likely N-dealkylation sites (tertiary alicyclic amines) is 1. The Bertz CT molecular complexity index is 494. The number of amides is 1. The number of carbonyl (C=O) groups excluding carboxylic acids is 1. The van der Waals surface area contributed by atoms with Crippen LogP contribution in [0, 0.1) is 11.8 Å². The lowest BCUT2D eigenvalue weighted by molar-refractivity contribution is -0.135. The van der Waals surface area contributed by atoms with Gasteiger partial charge in [0.25, 0.3) is 0 Å². The van der Waals surface area contributed by atoms with Gasteiger partial charge < -0.3 is 20.3 Å². The van der Waals surface area contributed by atoms with E-state index in [9.17, 15) is 9.90 Å². The Morgan fingerprint density at radius 1 is 1.50 bits per heavy atom. The average molecular weight is 308 g/mol. The molecule has 2 heterocycles. The highest BCUT2D eigenvalue weighted by molar-refractivity contribution is 5.82. The van der Waals surface area contributed by atoms with Crippen LogP contribution in [0.15, 0.2) is 12.4 Å².